The molecular weight excluding hydrogens is 368 g/mol. The quantitative estimate of drug-likeness (QED) is 0.419. The van der Waals surface area contributed by atoms with Crippen LogP contribution >= 0.6 is 0 Å². The summed E-state index contributed by atoms with van der Waals surface area (Å²) in [5.74, 6) is -0.0281. The van der Waals surface area contributed by atoms with Gasteiger partial charge in [-0.15, -0.1) is 0 Å². The summed E-state index contributed by atoms with van der Waals surface area (Å²) in [6.07, 6.45) is -0.877. The van der Waals surface area contributed by atoms with Gasteiger partial charge in [-0.3, -0.25) is 4.79 Å². The number of aromatic hydroxyl groups is 1. The van der Waals surface area contributed by atoms with Gasteiger partial charge in [0.05, 0.1) is 39.0 Å². The summed E-state index contributed by atoms with van der Waals surface area (Å²) in [6, 6.07) is -2.05. The van der Waals surface area contributed by atoms with Crippen molar-refractivity contribution in [1.82, 2.24) is 10.2 Å². The molecule has 3 heterocycles. The molecule has 154 valence electrons. The zero-order valence-corrected chi connectivity index (χ0v) is 16.0. The molecular formula is C19H26N2O7. The van der Waals surface area contributed by atoms with E-state index in [1.54, 1.807) is 11.8 Å². The number of methoxy groups -OCH3 is 2. The van der Waals surface area contributed by atoms with Crippen molar-refractivity contribution >= 4 is 5.91 Å². The normalized spacial score (nSPS) is 31.0. The Balaban J connectivity index is 1.91. The van der Waals surface area contributed by atoms with Gasteiger partial charge in [0, 0.05) is 28.7 Å². The number of aliphatic hydroxyl groups excluding tert-OH is 2. The van der Waals surface area contributed by atoms with Crippen LogP contribution in [0.5, 0.6) is 17.2 Å². The lowest BCUT2D eigenvalue weighted by Gasteiger charge is -2.49. The van der Waals surface area contributed by atoms with Gasteiger partial charge in [-0.05, 0) is 19.8 Å². The van der Waals surface area contributed by atoms with Gasteiger partial charge in [0.25, 0.3) is 0 Å². The van der Waals surface area contributed by atoms with Crippen molar-refractivity contribution in [2.75, 3.05) is 20.8 Å². The molecule has 0 unspecified atom stereocenters. The Kier molecular flexibility index (Phi) is 4.65. The van der Waals surface area contributed by atoms with Crippen molar-refractivity contribution in [3.8, 4) is 17.2 Å². The Labute approximate surface area is 162 Å². The monoisotopic (exact) mass is 394 g/mol. The number of nitrogens with zero attached hydrogens (tertiary/aromatic N) is 1. The highest BCUT2D eigenvalue weighted by molar-refractivity contribution is 5.85. The maximum Gasteiger partial charge on any atom is 0.240 e. The maximum absolute atomic E-state index is 13.1. The zero-order chi connectivity index (χ0) is 20.3. The number of piperazine rings is 1. The minimum Gasteiger partial charge on any atom is -0.504 e. The molecule has 3 aliphatic heterocycles. The van der Waals surface area contributed by atoms with Crippen LogP contribution in [-0.2, 0) is 11.2 Å². The van der Waals surface area contributed by atoms with Crippen LogP contribution in [0.15, 0.2) is 0 Å². The summed E-state index contributed by atoms with van der Waals surface area (Å²) in [7, 11) is 2.96. The van der Waals surface area contributed by atoms with Gasteiger partial charge in [-0.25, -0.2) is 0 Å². The highest BCUT2D eigenvalue weighted by Crippen LogP contribution is 2.52. The van der Waals surface area contributed by atoms with Crippen LogP contribution in [0.4, 0.5) is 0 Å². The van der Waals surface area contributed by atoms with Crippen molar-refractivity contribution in [1.29, 1.82) is 0 Å². The molecule has 28 heavy (non-hydrogen) atoms. The zero-order valence-electron chi connectivity index (χ0n) is 16.0. The molecule has 0 radical (unpaired) electrons. The first-order valence-electron chi connectivity index (χ1n) is 9.37. The first-order valence-corrected chi connectivity index (χ1v) is 9.37. The smallest absolute Gasteiger partial charge is 0.240 e. The number of aliphatic hydroxyl groups is 3. The van der Waals surface area contributed by atoms with Crippen LogP contribution < -0.4 is 14.8 Å². The standard InChI is InChI=1S/C19H26N2O7/c1-7-16(27-2)8-5-11-14-9(19(25)26)4-10(20-14)18(24)21(11)12(6-22)13(8)15(23)17(7)28-3/h9-12,14,19-20,22-23,25-26H,4-6H2,1-3H3/t9-,10+,11+,12+,14-/m1/s1. The Morgan fingerprint density at radius 2 is 1.93 bits per heavy atom. The Morgan fingerprint density at radius 3 is 2.50 bits per heavy atom. The van der Waals surface area contributed by atoms with E-state index in [0.717, 1.165) is 0 Å². The van der Waals surface area contributed by atoms with Crippen molar-refractivity contribution in [3.63, 3.8) is 0 Å². The lowest BCUT2D eigenvalue weighted by atomic mass is 9.80. The van der Waals surface area contributed by atoms with Gasteiger partial charge in [-0.2, -0.15) is 0 Å². The molecule has 4 rings (SSSR count). The second kappa shape index (κ2) is 6.77. The van der Waals surface area contributed by atoms with E-state index < -0.39 is 30.3 Å². The fourth-order valence-electron chi connectivity index (χ4n) is 5.35. The highest BCUT2D eigenvalue weighted by Gasteiger charge is 2.56. The molecule has 9 heteroatoms. The predicted molar refractivity (Wildman–Crippen MR) is 97.2 cm³/mol. The molecule has 0 spiro atoms. The Hall–Kier alpha value is -2.07. The predicted octanol–water partition coefficient (Wildman–Crippen LogP) is -0.824. The number of carbonyl (C=O) groups excluding carboxylic acids is 1. The number of hydrogen-bond acceptors (Lipinski definition) is 8. The third kappa shape index (κ3) is 2.43. The fraction of sp³-hybridized carbons (Fsp3) is 0.632. The third-order valence-electron chi connectivity index (χ3n) is 6.48. The highest BCUT2D eigenvalue weighted by atomic mass is 16.5. The van der Waals surface area contributed by atoms with Crippen molar-refractivity contribution in [3.05, 3.63) is 16.7 Å². The molecule has 0 aromatic heterocycles. The number of hydrogen-bond donors (Lipinski definition) is 5. The average molecular weight is 394 g/mol. The molecule has 1 aromatic carbocycles. The summed E-state index contributed by atoms with van der Waals surface area (Å²) in [5, 5.41) is 43.9. The first kappa shape index (κ1) is 19.3. The molecule has 5 N–H and O–H groups in total. The van der Waals surface area contributed by atoms with Gasteiger partial charge >= 0.3 is 0 Å². The van der Waals surface area contributed by atoms with Crippen LogP contribution in [0, 0.1) is 12.8 Å². The van der Waals surface area contributed by atoms with E-state index in [-0.39, 0.29) is 30.1 Å². The second-order valence-electron chi connectivity index (χ2n) is 7.71. The molecule has 2 saturated heterocycles. The summed E-state index contributed by atoms with van der Waals surface area (Å²) < 4.78 is 10.9. The van der Waals surface area contributed by atoms with E-state index in [4.69, 9.17) is 9.47 Å². The molecule has 0 saturated carbocycles. The largest absolute Gasteiger partial charge is 0.504 e. The Morgan fingerprint density at radius 1 is 1.25 bits per heavy atom. The summed E-state index contributed by atoms with van der Waals surface area (Å²) in [6.45, 7) is 1.39. The number of ether oxygens (including phenoxy) is 2. The summed E-state index contributed by atoms with van der Waals surface area (Å²) in [4.78, 5) is 14.7. The number of amides is 1. The van der Waals surface area contributed by atoms with Gasteiger partial charge in [-0.1, -0.05) is 0 Å². The Bertz CT molecular complexity index is 812. The number of phenols is 1. The molecule has 1 aromatic rings. The van der Waals surface area contributed by atoms with E-state index in [0.29, 0.717) is 35.3 Å². The van der Waals surface area contributed by atoms with Crippen molar-refractivity contribution in [2.24, 2.45) is 5.92 Å². The van der Waals surface area contributed by atoms with Crippen molar-refractivity contribution in [2.45, 2.75) is 50.2 Å². The minimum atomic E-state index is -1.54. The number of fused-ring (bicyclic) bond motifs is 5. The number of phenolic OH excluding ortho intramolecular Hbond substituents is 1. The molecule has 2 fully saturated rings. The van der Waals surface area contributed by atoms with E-state index in [1.807, 2.05) is 0 Å². The molecule has 1 amide bonds. The first-order chi connectivity index (χ1) is 13.3. The molecule has 2 bridgehead atoms. The molecule has 9 nitrogen and oxygen atoms in total. The lowest BCUT2D eigenvalue weighted by Crippen LogP contribution is -2.65. The van der Waals surface area contributed by atoms with Crippen LogP contribution in [0.3, 0.4) is 0 Å². The van der Waals surface area contributed by atoms with E-state index in [1.165, 1.54) is 14.2 Å². The lowest BCUT2D eigenvalue weighted by molar-refractivity contribution is -0.145. The number of benzene rings is 1. The fourth-order valence-corrected chi connectivity index (χ4v) is 5.35. The van der Waals surface area contributed by atoms with Gasteiger partial charge in [0.2, 0.25) is 5.91 Å². The number of carbonyl (C=O) groups is 1. The molecule has 3 aliphatic rings. The van der Waals surface area contributed by atoms with E-state index in [2.05, 4.69) is 5.32 Å². The van der Waals surface area contributed by atoms with E-state index >= 15 is 0 Å². The van der Waals surface area contributed by atoms with Crippen LogP contribution in [0.1, 0.15) is 29.2 Å². The SMILES string of the molecule is COc1c(C)c(OC)c2c(c1O)[C@H](CO)N1C(=O)[C@@H]3C[C@@H](C(O)O)[C@@H](N3)[C@@H]1C2. The minimum absolute atomic E-state index is 0.106. The van der Waals surface area contributed by atoms with Crippen molar-refractivity contribution < 1.29 is 34.7 Å². The summed E-state index contributed by atoms with van der Waals surface area (Å²) >= 11 is 0. The number of nitrogens with one attached hydrogen (secondary N) is 1. The average Bonchev–Trinajstić information content (AvgIpc) is 3.07. The third-order valence-corrected chi connectivity index (χ3v) is 6.48. The van der Waals surface area contributed by atoms with Crippen LogP contribution in [-0.4, -0.2) is 76.5 Å². The second-order valence-corrected chi connectivity index (χ2v) is 7.71. The van der Waals surface area contributed by atoms with Gasteiger partial charge < -0.3 is 40.1 Å². The van der Waals surface area contributed by atoms with E-state index in [9.17, 15) is 25.2 Å². The number of rotatable bonds is 4. The van der Waals surface area contributed by atoms with Gasteiger partial charge in [0.15, 0.2) is 17.8 Å². The maximum atomic E-state index is 13.1. The van der Waals surface area contributed by atoms with Gasteiger partial charge in [0.1, 0.15) is 5.75 Å². The van der Waals surface area contributed by atoms with Crippen LogP contribution in [0.25, 0.3) is 0 Å². The summed E-state index contributed by atoms with van der Waals surface area (Å²) in [5.41, 5.74) is 1.75. The molecule has 5 atom stereocenters. The topological polar surface area (TPSA) is 132 Å². The van der Waals surface area contributed by atoms with Crippen LogP contribution in [0.2, 0.25) is 0 Å². The molecule has 0 aliphatic carbocycles.